The first-order valence-electron chi connectivity index (χ1n) is 11.4. The van der Waals surface area contributed by atoms with Crippen LogP contribution >= 0.6 is 39.3 Å². The Bertz CT molecular complexity index is 1220. The summed E-state index contributed by atoms with van der Waals surface area (Å²) in [4.78, 5) is 25.2. The number of alkyl halides is 1. The van der Waals surface area contributed by atoms with Crippen molar-refractivity contribution in [3.63, 3.8) is 0 Å². The number of benzene rings is 3. The summed E-state index contributed by atoms with van der Waals surface area (Å²) in [6.07, 6.45) is 0.526. The van der Waals surface area contributed by atoms with E-state index in [4.69, 9.17) is 37.4 Å². The van der Waals surface area contributed by atoms with Gasteiger partial charge in [-0.3, -0.25) is 13.5 Å². The second-order valence-corrected chi connectivity index (χ2v) is 9.91. The summed E-state index contributed by atoms with van der Waals surface area (Å²) in [5.74, 6) is 0.466. The smallest absolute Gasteiger partial charge is 0.313 e. The molecule has 0 bridgehead atoms. The quantitative estimate of drug-likeness (QED) is 0.156. The van der Waals surface area contributed by atoms with Gasteiger partial charge in [0.2, 0.25) is 0 Å². The van der Waals surface area contributed by atoms with Crippen molar-refractivity contribution in [2.24, 2.45) is 0 Å². The maximum absolute atomic E-state index is 12.8. The monoisotopic (exact) mass is 591 g/mol. The molecule has 0 aliphatic carbocycles. The van der Waals surface area contributed by atoms with Gasteiger partial charge in [-0.15, -0.1) is 11.6 Å². The van der Waals surface area contributed by atoms with Gasteiger partial charge in [0.15, 0.2) is 0 Å². The number of esters is 1. The first-order valence-corrected chi connectivity index (χ1v) is 13.0. The fourth-order valence-electron chi connectivity index (χ4n) is 3.88. The van der Waals surface area contributed by atoms with Crippen LogP contribution in [0.1, 0.15) is 46.1 Å². The van der Waals surface area contributed by atoms with Crippen molar-refractivity contribution in [3.8, 4) is 17.2 Å². The summed E-state index contributed by atoms with van der Waals surface area (Å²) in [5, 5.41) is -0.0108. The lowest BCUT2D eigenvalue weighted by atomic mass is 9.93. The molecule has 2 atom stereocenters. The van der Waals surface area contributed by atoms with Gasteiger partial charge in [0, 0.05) is 17.2 Å². The van der Waals surface area contributed by atoms with Crippen LogP contribution in [0.25, 0.3) is 0 Å². The van der Waals surface area contributed by atoms with Crippen molar-refractivity contribution in [1.82, 2.24) is 3.93 Å². The fourth-order valence-corrected chi connectivity index (χ4v) is 5.03. The third-order valence-corrected chi connectivity index (χ3v) is 7.00. The van der Waals surface area contributed by atoms with E-state index in [1.165, 1.54) is 3.93 Å². The molecule has 0 radical (unpaired) electrons. The molecular weight excluding hydrogens is 569 g/mol. The van der Waals surface area contributed by atoms with E-state index in [1.54, 1.807) is 43.3 Å². The largest absolute Gasteiger partial charge is 0.493 e. The Morgan fingerprint density at radius 1 is 1.14 bits per heavy atom. The van der Waals surface area contributed by atoms with Crippen molar-refractivity contribution < 1.29 is 23.8 Å². The van der Waals surface area contributed by atoms with Crippen LogP contribution in [0, 0.1) is 0 Å². The minimum atomic E-state index is -0.424. The highest BCUT2D eigenvalue weighted by Crippen LogP contribution is 2.42. The second-order valence-electron chi connectivity index (χ2n) is 8.12. The number of carbonyl (C=O) groups is 2. The molecule has 9 heteroatoms. The van der Waals surface area contributed by atoms with Gasteiger partial charge in [0.05, 0.1) is 52.2 Å². The van der Waals surface area contributed by atoms with Crippen LogP contribution in [-0.2, 0) is 9.53 Å². The normalized spacial score (nSPS) is 15.3. The predicted molar refractivity (Wildman–Crippen MR) is 142 cm³/mol. The standard InChI is InChI=1S/C27H24BrCl2NO5/c1-2-34-27(33)20-12-13-35-24-15-25(22(29)14-21(20)24)36-19-10-8-18(9-11-19)26(32)31(28)16-23(30)17-6-4-3-5-7-17/h3-11,14-15,20,23H,2,12-13,16H2,1H3. The SMILES string of the molecule is CCOC(=O)C1CCOc2cc(Oc3ccc(C(=O)N(Br)CC(Cl)c4ccccc4)cc3)c(Cl)cc21. The van der Waals surface area contributed by atoms with Crippen LogP contribution < -0.4 is 9.47 Å². The minimum Gasteiger partial charge on any atom is -0.493 e. The van der Waals surface area contributed by atoms with Crippen molar-refractivity contribution in [3.05, 3.63) is 88.4 Å². The van der Waals surface area contributed by atoms with Crippen molar-refractivity contribution in [1.29, 1.82) is 0 Å². The summed E-state index contributed by atoms with van der Waals surface area (Å²) >= 11 is 16.3. The Balaban J connectivity index is 1.43. The highest BCUT2D eigenvalue weighted by atomic mass is 79.9. The molecule has 1 aliphatic heterocycles. The Morgan fingerprint density at radius 3 is 2.56 bits per heavy atom. The van der Waals surface area contributed by atoms with E-state index < -0.39 is 5.92 Å². The summed E-state index contributed by atoms with van der Waals surface area (Å²) < 4.78 is 18.3. The van der Waals surface area contributed by atoms with Crippen LogP contribution in [0.5, 0.6) is 17.2 Å². The number of carbonyl (C=O) groups excluding carboxylic acids is 2. The summed E-state index contributed by atoms with van der Waals surface area (Å²) in [6, 6.07) is 19.6. The number of fused-ring (bicyclic) bond motifs is 1. The Morgan fingerprint density at radius 2 is 1.86 bits per heavy atom. The van der Waals surface area contributed by atoms with Gasteiger partial charge >= 0.3 is 5.97 Å². The number of nitrogens with zero attached hydrogens (tertiary/aromatic N) is 1. The summed E-state index contributed by atoms with van der Waals surface area (Å²) in [7, 11) is 0. The van der Waals surface area contributed by atoms with Crippen molar-refractivity contribution >= 4 is 51.2 Å². The average molecular weight is 593 g/mol. The molecule has 6 nitrogen and oxygen atoms in total. The van der Waals surface area contributed by atoms with Crippen molar-refractivity contribution in [2.45, 2.75) is 24.6 Å². The van der Waals surface area contributed by atoms with E-state index >= 15 is 0 Å². The van der Waals surface area contributed by atoms with Crippen LogP contribution in [0.15, 0.2) is 66.7 Å². The Kier molecular flexibility index (Phi) is 8.77. The van der Waals surface area contributed by atoms with Crippen LogP contribution in [-0.4, -0.2) is 35.6 Å². The number of rotatable bonds is 8. The minimum absolute atomic E-state index is 0.228. The first-order chi connectivity index (χ1) is 17.4. The zero-order valence-corrected chi connectivity index (χ0v) is 22.6. The predicted octanol–water partition coefficient (Wildman–Crippen LogP) is 7.29. The molecule has 36 heavy (non-hydrogen) atoms. The molecule has 188 valence electrons. The van der Waals surface area contributed by atoms with Gasteiger partial charge < -0.3 is 14.2 Å². The highest BCUT2D eigenvalue weighted by Gasteiger charge is 2.30. The zero-order valence-electron chi connectivity index (χ0n) is 19.5. The number of hydrogen-bond donors (Lipinski definition) is 0. The number of hydrogen-bond acceptors (Lipinski definition) is 5. The molecule has 4 rings (SSSR count). The van der Waals surface area contributed by atoms with E-state index in [9.17, 15) is 9.59 Å². The number of amides is 1. The Hall–Kier alpha value is -2.74. The molecular formula is C27H24BrCl2NO5. The molecule has 1 amide bonds. The van der Waals surface area contributed by atoms with E-state index in [1.807, 2.05) is 30.3 Å². The van der Waals surface area contributed by atoms with Gasteiger partial charge in [-0.2, -0.15) is 0 Å². The van der Waals surface area contributed by atoms with Crippen LogP contribution in [0.3, 0.4) is 0 Å². The number of ether oxygens (including phenoxy) is 3. The topological polar surface area (TPSA) is 65.1 Å². The van der Waals surface area contributed by atoms with Crippen LogP contribution in [0.4, 0.5) is 0 Å². The van der Waals surface area contributed by atoms with Crippen LogP contribution in [0.2, 0.25) is 5.02 Å². The molecule has 0 saturated heterocycles. The second kappa shape index (κ2) is 12.0. The third-order valence-electron chi connectivity index (χ3n) is 5.71. The summed E-state index contributed by atoms with van der Waals surface area (Å²) in [5.41, 5.74) is 2.08. The van der Waals surface area contributed by atoms with E-state index in [0.717, 1.165) is 5.56 Å². The van der Waals surface area contributed by atoms with Gasteiger partial charge in [-0.25, -0.2) is 0 Å². The summed E-state index contributed by atoms with van der Waals surface area (Å²) in [6.45, 7) is 2.77. The molecule has 0 spiro atoms. The van der Waals surface area contributed by atoms with Gasteiger partial charge in [0.1, 0.15) is 17.2 Å². The van der Waals surface area contributed by atoms with Gasteiger partial charge in [-0.05, 0) is 49.2 Å². The molecule has 0 aromatic heterocycles. The molecule has 3 aromatic rings. The van der Waals surface area contributed by atoms with Crippen molar-refractivity contribution in [2.75, 3.05) is 19.8 Å². The molecule has 1 heterocycles. The van der Waals surface area contributed by atoms with E-state index in [-0.39, 0.29) is 17.3 Å². The van der Waals surface area contributed by atoms with E-state index in [0.29, 0.717) is 59.6 Å². The first kappa shape index (κ1) is 26.3. The lowest BCUT2D eigenvalue weighted by Gasteiger charge is -2.25. The third kappa shape index (κ3) is 6.14. The zero-order chi connectivity index (χ0) is 25.7. The lowest BCUT2D eigenvalue weighted by molar-refractivity contribution is -0.145. The lowest BCUT2D eigenvalue weighted by Crippen LogP contribution is -2.24. The molecule has 3 aromatic carbocycles. The molecule has 0 fully saturated rings. The molecule has 0 saturated carbocycles. The molecule has 1 aliphatic rings. The average Bonchev–Trinajstić information content (AvgIpc) is 2.89. The Labute approximate surface area is 228 Å². The highest BCUT2D eigenvalue weighted by molar-refractivity contribution is 9.07. The molecule has 2 unspecified atom stereocenters. The van der Waals surface area contributed by atoms with E-state index in [2.05, 4.69) is 16.1 Å². The van der Waals surface area contributed by atoms with Gasteiger partial charge in [0.25, 0.3) is 5.91 Å². The van der Waals surface area contributed by atoms with Gasteiger partial charge in [-0.1, -0.05) is 41.9 Å². The number of halogens is 3. The maximum Gasteiger partial charge on any atom is 0.313 e. The maximum atomic E-state index is 12.8. The molecule has 0 N–H and O–H groups in total. The fraction of sp³-hybridized carbons (Fsp3) is 0.259.